The summed E-state index contributed by atoms with van der Waals surface area (Å²) in [6, 6.07) is 6.93. The molecule has 0 saturated heterocycles. The average Bonchev–Trinajstić information content (AvgIpc) is 2.43. The van der Waals surface area contributed by atoms with E-state index in [0.717, 1.165) is 23.6 Å². The topological polar surface area (TPSA) is 59.1 Å². The molecule has 0 aliphatic rings. The number of unbranched alkanes of at least 4 members (excludes halogenated alkanes) is 1. The van der Waals surface area contributed by atoms with E-state index in [1.165, 1.54) is 0 Å². The third-order valence-electron chi connectivity index (χ3n) is 2.78. The van der Waals surface area contributed by atoms with E-state index in [9.17, 15) is 8.42 Å². The lowest BCUT2D eigenvalue weighted by Crippen LogP contribution is -2.25. The van der Waals surface area contributed by atoms with Crippen molar-refractivity contribution < 1.29 is 8.42 Å². The largest absolute Gasteiger partial charge is 0.264 e. The van der Waals surface area contributed by atoms with Crippen LogP contribution in [0.2, 0.25) is 0 Å². The Kier molecular flexibility index (Phi) is 4.90. The number of alkyl halides is 1. The molecular weight excluding hydrogens is 328 g/mol. The van der Waals surface area contributed by atoms with Gasteiger partial charge in [0.15, 0.2) is 0 Å². The predicted octanol–water partition coefficient (Wildman–Crippen LogP) is 2.69. The molecule has 0 saturated carbocycles. The van der Waals surface area contributed by atoms with Crippen LogP contribution >= 0.6 is 15.9 Å². The molecular formula is C13H15BrN2O2S. The van der Waals surface area contributed by atoms with E-state index in [0.29, 0.717) is 16.8 Å². The van der Waals surface area contributed by atoms with E-state index in [2.05, 4.69) is 25.6 Å². The van der Waals surface area contributed by atoms with Gasteiger partial charge in [-0.15, -0.1) is 0 Å². The second kappa shape index (κ2) is 6.45. The predicted molar refractivity (Wildman–Crippen MR) is 80.0 cm³/mol. The first-order chi connectivity index (χ1) is 9.15. The third kappa shape index (κ3) is 3.52. The van der Waals surface area contributed by atoms with E-state index in [1.807, 2.05) is 6.07 Å². The lowest BCUT2D eigenvalue weighted by atomic mass is 10.2. The number of pyridine rings is 1. The number of hydrogen-bond donors (Lipinski definition) is 1. The summed E-state index contributed by atoms with van der Waals surface area (Å²) in [5, 5.41) is 2.41. The number of nitrogens with one attached hydrogen (secondary N) is 1. The van der Waals surface area contributed by atoms with Crippen LogP contribution in [0, 0.1) is 0 Å². The Hall–Kier alpha value is -0.980. The number of benzene rings is 1. The van der Waals surface area contributed by atoms with E-state index < -0.39 is 10.0 Å². The molecule has 0 amide bonds. The van der Waals surface area contributed by atoms with Crippen LogP contribution < -0.4 is 4.72 Å². The van der Waals surface area contributed by atoms with Crippen LogP contribution in [0.25, 0.3) is 10.8 Å². The number of rotatable bonds is 6. The summed E-state index contributed by atoms with van der Waals surface area (Å²) in [4.78, 5) is 4.31. The van der Waals surface area contributed by atoms with Gasteiger partial charge < -0.3 is 0 Å². The minimum atomic E-state index is -3.46. The summed E-state index contributed by atoms with van der Waals surface area (Å²) in [6.07, 6.45) is 5.03. The van der Waals surface area contributed by atoms with E-state index >= 15 is 0 Å². The summed E-state index contributed by atoms with van der Waals surface area (Å²) in [7, 11) is -3.46. The number of aromatic nitrogens is 1. The Morgan fingerprint density at radius 3 is 2.84 bits per heavy atom. The first-order valence-corrected chi connectivity index (χ1v) is 8.64. The van der Waals surface area contributed by atoms with Crippen LogP contribution in [0.5, 0.6) is 0 Å². The zero-order valence-electron chi connectivity index (χ0n) is 10.3. The van der Waals surface area contributed by atoms with Crippen molar-refractivity contribution in [1.29, 1.82) is 0 Å². The van der Waals surface area contributed by atoms with Gasteiger partial charge in [-0.2, -0.15) is 0 Å². The monoisotopic (exact) mass is 342 g/mol. The van der Waals surface area contributed by atoms with Gasteiger partial charge in [0.2, 0.25) is 10.0 Å². The first-order valence-electron chi connectivity index (χ1n) is 6.03. The van der Waals surface area contributed by atoms with Crippen LogP contribution in [0.4, 0.5) is 0 Å². The van der Waals surface area contributed by atoms with Gasteiger partial charge in [-0.25, -0.2) is 13.1 Å². The fraction of sp³-hybridized carbons (Fsp3) is 0.308. The van der Waals surface area contributed by atoms with Crippen molar-refractivity contribution in [2.45, 2.75) is 17.7 Å². The van der Waals surface area contributed by atoms with Gasteiger partial charge in [-0.05, 0) is 25.0 Å². The molecule has 1 heterocycles. The fourth-order valence-electron chi connectivity index (χ4n) is 1.83. The molecule has 0 fully saturated rings. The summed E-state index contributed by atoms with van der Waals surface area (Å²) >= 11 is 3.32. The summed E-state index contributed by atoms with van der Waals surface area (Å²) in [6.45, 7) is 0.454. The molecule has 0 unspecified atom stereocenters. The molecule has 0 bridgehead atoms. The third-order valence-corrected chi connectivity index (χ3v) is 4.86. The van der Waals surface area contributed by atoms with Gasteiger partial charge in [0.1, 0.15) is 0 Å². The van der Waals surface area contributed by atoms with E-state index in [4.69, 9.17) is 0 Å². The quantitative estimate of drug-likeness (QED) is 0.648. The van der Waals surface area contributed by atoms with Crippen molar-refractivity contribution in [1.82, 2.24) is 9.71 Å². The maximum Gasteiger partial charge on any atom is 0.241 e. The van der Waals surface area contributed by atoms with E-state index in [-0.39, 0.29) is 0 Å². The highest BCUT2D eigenvalue weighted by atomic mass is 79.9. The van der Waals surface area contributed by atoms with Crippen molar-refractivity contribution in [3.8, 4) is 0 Å². The van der Waals surface area contributed by atoms with Crippen molar-refractivity contribution in [2.75, 3.05) is 11.9 Å². The van der Waals surface area contributed by atoms with Gasteiger partial charge in [0.05, 0.1) is 4.90 Å². The minimum Gasteiger partial charge on any atom is -0.264 e. The highest BCUT2D eigenvalue weighted by Crippen LogP contribution is 2.21. The zero-order valence-corrected chi connectivity index (χ0v) is 12.7. The van der Waals surface area contributed by atoms with Gasteiger partial charge in [0.25, 0.3) is 0 Å². The fourth-order valence-corrected chi connectivity index (χ4v) is 3.53. The number of nitrogens with zero attached hydrogens (tertiary/aromatic N) is 1. The Morgan fingerprint density at radius 1 is 1.21 bits per heavy atom. The van der Waals surface area contributed by atoms with Crippen LogP contribution in [0.3, 0.4) is 0 Å². The molecule has 19 heavy (non-hydrogen) atoms. The maximum absolute atomic E-state index is 12.3. The van der Waals surface area contributed by atoms with Crippen molar-refractivity contribution in [2.24, 2.45) is 0 Å². The standard InChI is InChI=1S/C13H15BrN2O2S/c14-7-1-2-8-16-19(17,18)13-5-3-4-11-10-15-9-6-12(11)13/h3-6,9-10,16H,1-2,7-8H2. The molecule has 1 aromatic carbocycles. The van der Waals surface area contributed by atoms with Gasteiger partial charge in [-0.1, -0.05) is 28.1 Å². The van der Waals surface area contributed by atoms with E-state index in [1.54, 1.807) is 30.6 Å². The van der Waals surface area contributed by atoms with Crippen LogP contribution in [0.1, 0.15) is 12.8 Å². The molecule has 102 valence electrons. The zero-order chi connectivity index (χ0) is 13.7. The molecule has 0 aliphatic heterocycles. The number of hydrogen-bond acceptors (Lipinski definition) is 3. The SMILES string of the molecule is O=S(=O)(NCCCCBr)c1cccc2cnccc12. The van der Waals surface area contributed by atoms with Crippen molar-refractivity contribution in [3.63, 3.8) is 0 Å². The molecule has 2 aromatic rings. The Balaban J connectivity index is 2.28. The molecule has 2 rings (SSSR count). The average molecular weight is 343 g/mol. The second-order valence-electron chi connectivity index (χ2n) is 4.15. The molecule has 6 heteroatoms. The molecule has 0 radical (unpaired) electrons. The first kappa shape index (κ1) is 14.4. The number of sulfonamides is 1. The van der Waals surface area contributed by atoms with Gasteiger partial charge in [0, 0.05) is 35.0 Å². The number of fused-ring (bicyclic) bond motifs is 1. The summed E-state index contributed by atoms with van der Waals surface area (Å²) in [5.41, 5.74) is 0. The smallest absolute Gasteiger partial charge is 0.241 e. The minimum absolute atomic E-state index is 0.311. The molecule has 0 aliphatic carbocycles. The van der Waals surface area contributed by atoms with Crippen LogP contribution in [-0.2, 0) is 10.0 Å². The van der Waals surface area contributed by atoms with Crippen molar-refractivity contribution in [3.05, 3.63) is 36.7 Å². The van der Waals surface area contributed by atoms with Gasteiger partial charge in [-0.3, -0.25) is 4.98 Å². The van der Waals surface area contributed by atoms with Crippen molar-refractivity contribution >= 4 is 36.7 Å². The molecule has 4 nitrogen and oxygen atoms in total. The number of halogens is 1. The highest BCUT2D eigenvalue weighted by molar-refractivity contribution is 9.09. The Morgan fingerprint density at radius 2 is 2.05 bits per heavy atom. The Bertz CT molecular complexity index is 653. The lowest BCUT2D eigenvalue weighted by molar-refractivity contribution is 0.579. The second-order valence-corrected chi connectivity index (χ2v) is 6.68. The summed E-state index contributed by atoms with van der Waals surface area (Å²) in [5.74, 6) is 0. The van der Waals surface area contributed by atoms with Gasteiger partial charge >= 0.3 is 0 Å². The summed E-state index contributed by atoms with van der Waals surface area (Å²) < 4.78 is 27.2. The van der Waals surface area contributed by atoms with Crippen LogP contribution in [-0.4, -0.2) is 25.3 Å². The molecule has 1 aromatic heterocycles. The molecule has 1 N–H and O–H groups in total. The molecule has 0 spiro atoms. The lowest BCUT2D eigenvalue weighted by Gasteiger charge is -2.09. The maximum atomic E-state index is 12.3. The normalized spacial score (nSPS) is 11.8. The Labute approximate surface area is 121 Å². The molecule has 0 atom stereocenters. The highest BCUT2D eigenvalue weighted by Gasteiger charge is 2.16. The van der Waals surface area contributed by atoms with Crippen LogP contribution in [0.15, 0.2) is 41.6 Å².